The number of rotatable bonds is 5. The Morgan fingerprint density at radius 2 is 2.00 bits per heavy atom. The van der Waals surface area contributed by atoms with Crippen molar-refractivity contribution in [3.8, 4) is 5.75 Å². The van der Waals surface area contributed by atoms with Gasteiger partial charge in [-0.2, -0.15) is 9.61 Å². The number of methoxy groups -OCH3 is 1. The summed E-state index contributed by atoms with van der Waals surface area (Å²) >= 11 is 1.36. The van der Waals surface area contributed by atoms with Crippen molar-refractivity contribution in [2.75, 3.05) is 7.11 Å². The Bertz CT molecular complexity index is 1270. The molecule has 0 aliphatic carbocycles. The number of hydrogen-bond acceptors (Lipinski definition) is 6. The molecule has 150 valence electrons. The van der Waals surface area contributed by atoms with Crippen molar-refractivity contribution in [1.82, 2.24) is 24.5 Å². The van der Waals surface area contributed by atoms with Crippen LogP contribution in [0, 0.1) is 13.8 Å². The second kappa shape index (κ2) is 7.32. The molecule has 8 nitrogen and oxygen atoms in total. The number of carbonyl (C=O) groups excluding carboxylic acids is 1. The molecule has 0 aliphatic heterocycles. The van der Waals surface area contributed by atoms with Gasteiger partial charge in [0.15, 0.2) is 0 Å². The summed E-state index contributed by atoms with van der Waals surface area (Å²) in [5.41, 5.74) is 2.46. The minimum absolute atomic E-state index is 0.0297. The molecule has 3 aromatic heterocycles. The van der Waals surface area contributed by atoms with E-state index in [4.69, 9.17) is 4.74 Å². The molecule has 0 unspecified atom stereocenters. The summed E-state index contributed by atoms with van der Waals surface area (Å²) < 4.78 is 8.16. The second-order valence-electron chi connectivity index (χ2n) is 6.90. The number of nitrogens with zero attached hydrogens (tertiary/aromatic N) is 4. The third-order valence-corrected chi connectivity index (χ3v) is 5.67. The van der Waals surface area contributed by atoms with Gasteiger partial charge in [-0.1, -0.05) is 23.5 Å². The van der Waals surface area contributed by atoms with Crippen LogP contribution in [0.3, 0.4) is 0 Å². The normalized spacial score (nSPS) is 12.4. The SMILES string of the molecule is COc1ccc([C@H](C)NC(=O)Cn2c(C)cc3nc4sc(C)nn4c(=O)c32)cc1. The Balaban J connectivity index is 1.61. The van der Waals surface area contributed by atoms with Crippen molar-refractivity contribution in [1.29, 1.82) is 0 Å². The molecule has 0 aliphatic rings. The van der Waals surface area contributed by atoms with Gasteiger partial charge in [-0.25, -0.2) is 4.98 Å². The zero-order valence-corrected chi connectivity index (χ0v) is 17.4. The van der Waals surface area contributed by atoms with Gasteiger partial charge in [0.2, 0.25) is 10.9 Å². The second-order valence-corrected chi connectivity index (χ2v) is 8.06. The topological polar surface area (TPSA) is 90.5 Å². The number of hydrogen-bond donors (Lipinski definition) is 1. The van der Waals surface area contributed by atoms with Crippen molar-refractivity contribution in [2.45, 2.75) is 33.4 Å². The average molecular weight is 411 g/mol. The first-order valence-corrected chi connectivity index (χ1v) is 9.98. The highest BCUT2D eigenvalue weighted by Gasteiger charge is 2.18. The minimum atomic E-state index is -0.265. The van der Waals surface area contributed by atoms with Crippen LogP contribution < -0.4 is 15.6 Å². The number of aromatic nitrogens is 4. The molecule has 4 aromatic rings. The molecule has 4 rings (SSSR count). The smallest absolute Gasteiger partial charge is 0.299 e. The third kappa shape index (κ3) is 3.49. The van der Waals surface area contributed by atoms with Crippen LogP contribution >= 0.6 is 11.3 Å². The summed E-state index contributed by atoms with van der Waals surface area (Å²) in [5, 5.41) is 7.97. The summed E-state index contributed by atoms with van der Waals surface area (Å²) in [5.74, 6) is 0.575. The molecule has 0 spiro atoms. The van der Waals surface area contributed by atoms with Crippen molar-refractivity contribution in [3.63, 3.8) is 0 Å². The van der Waals surface area contributed by atoms with Gasteiger partial charge in [0.25, 0.3) is 5.56 Å². The van der Waals surface area contributed by atoms with Gasteiger partial charge in [0, 0.05) is 5.69 Å². The summed E-state index contributed by atoms with van der Waals surface area (Å²) in [6.07, 6.45) is 0. The van der Waals surface area contributed by atoms with Crippen LogP contribution in [0.2, 0.25) is 0 Å². The molecule has 29 heavy (non-hydrogen) atoms. The first kappa shape index (κ1) is 19.1. The molecular weight excluding hydrogens is 390 g/mol. The molecule has 0 saturated carbocycles. The molecule has 0 saturated heterocycles. The maximum Gasteiger partial charge on any atom is 0.299 e. The van der Waals surface area contributed by atoms with Gasteiger partial charge in [0.1, 0.15) is 22.8 Å². The highest BCUT2D eigenvalue weighted by molar-refractivity contribution is 7.16. The van der Waals surface area contributed by atoms with Crippen molar-refractivity contribution >= 4 is 33.2 Å². The molecule has 1 atom stereocenters. The summed E-state index contributed by atoms with van der Waals surface area (Å²) in [7, 11) is 1.61. The summed E-state index contributed by atoms with van der Waals surface area (Å²) in [4.78, 5) is 30.7. The van der Waals surface area contributed by atoms with Gasteiger partial charge in [0.05, 0.1) is 18.7 Å². The van der Waals surface area contributed by atoms with E-state index in [1.165, 1.54) is 15.9 Å². The van der Waals surface area contributed by atoms with E-state index in [2.05, 4.69) is 15.4 Å². The lowest BCUT2D eigenvalue weighted by Gasteiger charge is -2.16. The zero-order chi connectivity index (χ0) is 20.7. The maximum absolute atomic E-state index is 12.9. The molecule has 0 fully saturated rings. The van der Waals surface area contributed by atoms with Crippen LogP contribution in [0.25, 0.3) is 16.0 Å². The Morgan fingerprint density at radius 3 is 2.69 bits per heavy atom. The van der Waals surface area contributed by atoms with E-state index in [1.54, 1.807) is 11.7 Å². The van der Waals surface area contributed by atoms with Gasteiger partial charge < -0.3 is 14.6 Å². The first-order chi connectivity index (χ1) is 13.9. The lowest BCUT2D eigenvalue weighted by atomic mass is 10.1. The molecule has 1 aromatic carbocycles. The predicted octanol–water partition coefficient (Wildman–Crippen LogP) is 2.61. The fraction of sp³-hybridized carbons (Fsp3) is 0.300. The maximum atomic E-state index is 12.9. The van der Waals surface area contributed by atoms with Gasteiger partial charge in [-0.3, -0.25) is 9.59 Å². The monoisotopic (exact) mass is 411 g/mol. The van der Waals surface area contributed by atoms with Gasteiger partial charge >= 0.3 is 0 Å². The standard InChI is InChI=1S/C20H21N5O3S/c1-11-9-16-18(19(27)25-20(22-16)29-13(3)23-25)24(11)10-17(26)21-12(2)14-5-7-15(28-4)8-6-14/h5-9,12H,10H2,1-4H3,(H,21,26)/t12-/m0/s1. The van der Waals surface area contributed by atoms with Crippen LogP contribution in [-0.2, 0) is 11.3 Å². The lowest BCUT2D eigenvalue weighted by molar-refractivity contribution is -0.122. The Labute approximate surface area is 170 Å². The zero-order valence-electron chi connectivity index (χ0n) is 16.6. The summed E-state index contributed by atoms with van der Waals surface area (Å²) in [6, 6.07) is 9.19. The lowest BCUT2D eigenvalue weighted by Crippen LogP contribution is -2.31. The molecule has 0 radical (unpaired) electrons. The van der Waals surface area contributed by atoms with Crippen LogP contribution in [0.4, 0.5) is 0 Å². The number of carbonyl (C=O) groups is 1. The number of benzene rings is 1. The van der Waals surface area contributed by atoms with E-state index in [-0.39, 0.29) is 24.1 Å². The molecular formula is C20H21N5O3S. The van der Waals surface area contributed by atoms with Crippen LogP contribution in [0.1, 0.15) is 29.2 Å². The molecule has 0 bridgehead atoms. The van der Waals surface area contributed by atoms with E-state index >= 15 is 0 Å². The van der Waals surface area contributed by atoms with Gasteiger partial charge in [-0.05, 0) is 44.5 Å². The van der Waals surface area contributed by atoms with Crippen molar-refractivity contribution < 1.29 is 9.53 Å². The number of fused-ring (bicyclic) bond motifs is 2. The first-order valence-electron chi connectivity index (χ1n) is 9.17. The molecule has 3 heterocycles. The predicted molar refractivity (Wildman–Crippen MR) is 112 cm³/mol. The van der Waals surface area contributed by atoms with Crippen LogP contribution in [-0.4, -0.2) is 32.2 Å². The van der Waals surface area contributed by atoms with E-state index in [9.17, 15) is 9.59 Å². The number of nitrogens with one attached hydrogen (secondary N) is 1. The van der Waals surface area contributed by atoms with E-state index in [1.807, 2.05) is 51.1 Å². The number of amides is 1. The highest BCUT2D eigenvalue weighted by Crippen LogP contribution is 2.20. The Kier molecular flexibility index (Phi) is 4.83. The average Bonchev–Trinajstić information content (AvgIpc) is 3.21. The largest absolute Gasteiger partial charge is 0.497 e. The van der Waals surface area contributed by atoms with E-state index < -0.39 is 0 Å². The van der Waals surface area contributed by atoms with Crippen molar-refractivity contribution in [2.24, 2.45) is 0 Å². The molecule has 1 N–H and O–H groups in total. The summed E-state index contributed by atoms with van der Waals surface area (Å²) in [6.45, 7) is 5.63. The number of aryl methyl sites for hydroxylation is 2. The quantitative estimate of drug-likeness (QED) is 0.545. The molecule has 1 amide bonds. The van der Waals surface area contributed by atoms with Crippen molar-refractivity contribution in [3.05, 3.63) is 57.0 Å². The third-order valence-electron chi connectivity index (χ3n) is 4.85. The Morgan fingerprint density at radius 1 is 1.28 bits per heavy atom. The minimum Gasteiger partial charge on any atom is -0.497 e. The highest BCUT2D eigenvalue weighted by atomic mass is 32.1. The fourth-order valence-corrected chi connectivity index (χ4v) is 4.11. The number of ether oxygens (including phenoxy) is 1. The molecule has 9 heteroatoms. The van der Waals surface area contributed by atoms with E-state index in [0.29, 0.717) is 16.0 Å². The van der Waals surface area contributed by atoms with E-state index in [0.717, 1.165) is 22.0 Å². The Hall–Kier alpha value is -3.20. The van der Waals surface area contributed by atoms with Gasteiger partial charge in [-0.15, -0.1) is 0 Å². The van der Waals surface area contributed by atoms with Crippen LogP contribution in [0.15, 0.2) is 35.1 Å². The van der Waals surface area contributed by atoms with Crippen LogP contribution in [0.5, 0.6) is 5.75 Å². The fourth-order valence-electron chi connectivity index (χ4n) is 3.36.